The molecule has 1 heterocycles. The van der Waals surface area contributed by atoms with E-state index in [1.165, 1.54) is 0 Å². The third kappa shape index (κ3) is 4.21. The zero-order chi connectivity index (χ0) is 14.4. The highest BCUT2D eigenvalue weighted by Crippen LogP contribution is 2.19. The number of rotatable bonds is 6. The summed E-state index contributed by atoms with van der Waals surface area (Å²) in [4.78, 5) is 13.6. The van der Waals surface area contributed by atoms with Crippen LogP contribution >= 0.6 is 0 Å². The molecule has 1 saturated heterocycles. The molecule has 1 unspecified atom stereocenters. The number of amides is 1. The van der Waals surface area contributed by atoms with E-state index in [1.54, 1.807) is 19.2 Å². The van der Waals surface area contributed by atoms with Crippen LogP contribution in [0.4, 0.5) is 0 Å². The summed E-state index contributed by atoms with van der Waals surface area (Å²) in [5.74, 6) is 0.236. The van der Waals surface area contributed by atoms with Crippen LogP contribution in [0.25, 0.3) is 0 Å². The Hall–Kier alpha value is -1.59. The van der Waals surface area contributed by atoms with Gasteiger partial charge in [-0.05, 0) is 18.9 Å². The number of benzene rings is 1. The van der Waals surface area contributed by atoms with Crippen LogP contribution in [0.2, 0.25) is 0 Å². The first-order valence-electron chi connectivity index (χ1n) is 7.00. The van der Waals surface area contributed by atoms with Gasteiger partial charge < -0.3 is 15.2 Å². The van der Waals surface area contributed by atoms with E-state index < -0.39 is 0 Å². The van der Waals surface area contributed by atoms with Crippen LogP contribution in [0.5, 0.6) is 5.75 Å². The van der Waals surface area contributed by atoms with Gasteiger partial charge in [0.2, 0.25) is 5.91 Å². The van der Waals surface area contributed by atoms with Crippen LogP contribution in [-0.4, -0.2) is 48.8 Å². The van der Waals surface area contributed by atoms with Crippen molar-refractivity contribution >= 4 is 5.91 Å². The number of carbonyl (C=O) groups is 1. The van der Waals surface area contributed by atoms with Crippen molar-refractivity contribution < 1.29 is 14.6 Å². The lowest BCUT2D eigenvalue weighted by molar-refractivity contribution is -0.122. The lowest BCUT2D eigenvalue weighted by atomic mass is 10.1. The number of ether oxygens (including phenoxy) is 1. The molecule has 1 fully saturated rings. The van der Waals surface area contributed by atoms with Crippen molar-refractivity contribution in [2.75, 3.05) is 26.7 Å². The Labute approximate surface area is 119 Å². The second-order valence-corrected chi connectivity index (χ2v) is 5.11. The molecule has 1 amide bonds. The fraction of sp³-hybridized carbons (Fsp3) is 0.533. The van der Waals surface area contributed by atoms with Crippen molar-refractivity contribution in [1.29, 1.82) is 0 Å². The van der Waals surface area contributed by atoms with Crippen molar-refractivity contribution in [3.05, 3.63) is 29.8 Å². The molecular weight excluding hydrogens is 256 g/mol. The maximum absolute atomic E-state index is 11.6. The first kappa shape index (κ1) is 14.8. The molecule has 110 valence electrons. The topological polar surface area (TPSA) is 61.8 Å². The highest BCUT2D eigenvalue weighted by atomic mass is 16.5. The van der Waals surface area contributed by atoms with Crippen molar-refractivity contribution in [2.24, 2.45) is 0 Å². The third-order valence-electron chi connectivity index (χ3n) is 3.52. The van der Waals surface area contributed by atoms with E-state index in [-0.39, 0.29) is 17.8 Å². The van der Waals surface area contributed by atoms with Crippen LogP contribution in [0, 0.1) is 0 Å². The van der Waals surface area contributed by atoms with Gasteiger partial charge in [-0.15, -0.1) is 0 Å². The summed E-state index contributed by atoms with van der Waals surface area (Å²) in [6, 6.07) is 7.22. The summed E-state index contributed by atoms with van der Waals surface area (Å²) in [6.07, 6.45) is 2.30. The highest BCUT2D eigenvalue weighted by molar-refractivity contribution is 5.77. The van der Waals surface area contributed by atoms with Crippen molar-refractivity contribution in [3.63, 3.8) is 0 Å². The first-order chi connectivity index (χ1) is 9.69. The van der Waals surface area contributed by atoms with E-state index in [9.17, 15) is 9.90 Å². The number of hydrogen-bond donors (Lipinski definition) is 2. The number of phenolic OH excluding ortho intramolecular Hbond substituents is 1. The van der Waals surface area contributed by atoms with Gasteiger partial charge >= 0.3 is 0 Å². The maximum Gasteiger partial charge on any atom is 0.233 e. The largest absolute Gasteiger partial charge is 0.508 e. The minimum atomic E-state index is -0.0292. The molecule has 1 aromatic carbocycles. The fourth-order valence-electron chi connectivity index (χ4n) is 2.43. The number of likely N-dealkylation sites (N-methyl/N-ethyl adjacent to an activating group) is 1. The number of nitrogens with zero attached hydrogens (tertiary/aromatic N) is 1. The minimum absolute atomic E-state index is 0.0292. The van der Waals surface area contributed by atoms with E-state index in [1.807, 2.05) is 17.0 Å². The Morgan fingerprint density at radius 3 is 2.95 bits per heavy atom. The number of carbonyl (C=O) groups excluding carboxylic acids is 1. The average molecular weight is 278 g/mol. The summed E-state index contributed by atoms with van der Waals surface area (Å²) in [7, 11) is 1.63. The normalized spacial score (nSPS) is 18.4. The van der Waals surface area contributed by atoms with Crippen LogP contribution in [0.1, 0.15) is 18.4 Å². The molecule has 0 aliphatic carbocycles. The number of nitrogens with one attached hydrogen (secondary N) is 1. The van der Waals surface area contributed by atoms with E-state index in [0.717, 1.165) is 25.0 Å². The molecule has 2 N–H and O–H groups in total. The van der Waals surface area contributed by atoms with Gasteiger partial charge in [0.25, 0.3) is 0 Å². The lowest BCUT2D eigenvalue weighted by Crippen LogP contribution is -2.39. The molecule has 0 radical (unpaired) electrons. The van der Waals surface area contributed by atoms with E-state index >= 15 is 0 Å². The Kier molecular flexibility index (Phi) is 5.38. The summed E-state index contributed by atoms with van der Waals surface area (Å²) in [5.41, 5.74) is 0.828. The number of para-hydroxylation sites is 1. The molecule has 2 rings (SSSR count). The Morgan fingerprint density at radius 1 is 1.50 bits per heavy atom. The van der Waals surface area contributed by atoms with Gasteiger partial charge in [0, 0.05) is 32.3 Å². The molecule has 5 nitrogen and oxygen atoms in total. The fourth-order valence-corrected chi connectivity index (χ4v) is 2.43. The molecular formula is C15H22N2O3. The first-order valence-corrected chi connectivity index (χ1v) is 7.00. The molecule has 0 bridgehead atoms. The molecule has 1 atom stereocenters. The van der Waals surface area contributed by atoms with Crippen LogP contribution in [0.3, 0.4) is 0 Å². The van der Waals surface area contributed by atoms with E-state index in [0.29, 0.717) is 19.6 Å². The molecule has 1 aliphatic heterocycles. The van der Waals surface area contributed by atoms with Crippen molar-refractivity contribution in [2.45, 2.75) is 25.5 Å². The molecule has 0 spiro atoms. The predicted molar refractivity (Wildman–Crippen MR) is 76.4 cm³/mol. The smallest absolute Gasteiger partial charge is 0.233 e. The second-order valence-electron chi connectivity index (χ2n) is 5.11. The second kappa shape index (κ2) is 7.26. The Morgan fingerprint density at radius 2 is 2.30 bits per heavy atom. The predicted octanol–water partition coefficient (Wildman–Crippen LogP) is 1.12. The summed E-state index contributed by atoms with van der Waals surface area (Å²) >= 11 is 0. The SMILES string of the molecule is CNC(=O)CN(Cc1ccccc1O)CC1CCCO1. The molecule has 1 aromatic rings. The van der Waals surface area contributed by atoms with E-state index in [2.05, 4.69) is 5.32 Å². The van der Waals surface area contributed by atoms with Crippen molar-refractivity contribution in [1.82, 2.24) is 10.2 Å². The molecule has 0 saturated carbocycles. The molecule has 0 aromatic heterocycles. The Bertz CT molecular complexity index is 444. The van der Waals surface area contributed by atoms with Gasteiger partial charge in [-0.1, -0.05) is 18.2 Å². The molecule has 1 aliphatic rings. The summed E-state index contributed by atoms with van der Waals surface area (Å²) in [6.45, 7) is 2.36. The number of phenols is 1. The van der Waals surface area contributed by atoms with Crippen LogP contribution in [-0.2, 0) is 16.1 Å². The molecule has 5 heteroatoms. The van der Waals surface area contributed by atoms with Gasteiger partial charge in [-0.25, -0.2) is 0 Å². The third-order valence-corrected chi connectivity index (χ3v) is 3.52. The Balaban J connectivity index is 2.01. The van der Waals surface area contributed by atoms with Gasteiger partial charge in [0.1, 0.15) is 5.75 Å². The average Bonchev–Trinajstić information content (AvgIpc) is 2.94. The highest BCUT2D eigenvalue weighted by Gasteiger charge is 2.21. The van der Waals surface area contributed by atoms with Crippen LogP contribution < -0.4 is 5.32 Å². The van der Waals surface area contributed by atoms with Gasteiger partial charge in [0.05, 0.1) is 12.6 Å². The van der Waals surface area contributed by atoms with Gasteiger partial charge in [-0.2, -0.15) is 0 Å². The van der Waals surface area contributed by atoms with Crippen molar-refractivity contribution in [3.8, 4) is 5.75 Å². The molecule has 20 heavy (non-hydrogen) atoms. The van der Waals surface area contributed by atoms with Crippen LogP contribution in [0.15, 0.2) is 24.3 Å². The lowest BCUT2D eigenvalue weighted by Gasteiger charge is -2.24. The van der Waals surface area contributed by atoms with E-state index in [4.69, 9.17) is 4.74 Å². The zero-order valence-electron chi connectivity index (χ0n) is 11.8. The van der Waals surface area contributed by atoms with Gasteiger partial charge in [0.15, 0.2) is 0 Å². The zero-order valence-corrected chi connectivity index (χ0v) is 11.8. The minimum Gasteiger partial charge on any atom is -0.508 e. The number of hydrogen-bond acceptors (Lipinski definition) is 4. The summed E-state index contributed by atoms with van der Waals surface area (Å²) in [5, 5.41) is 12.5. The standard InChI is InChI=1S/C15H22N2O3/c1-16-15(19)11-17(10-13-6-4-8-20-13)9-12-5-2-3-7-14(12)18/h2-3,5,7,13,18H,4,6,8-11H2,1H3,(H,16,19). The summed E-state index contributed by atoms with van der Waals surface area (Å²) < 4.78 is 5.63. The number of aromatic hydroxyl groups is 1. The quantitative estimate of drug-likeness (QED) is 0.818. The monoisotopic (exact) mass is 278 g/mol. The van der Waals surface area contributed by atoms with Gasteiger partial charge in [-0.3, -0.25) is 9.69 Å². The maximum atomic E-state index is 11.6.